The molecule has 1 aromatic carbocycles. The highest BCUT2D eigenvalue weighted by molar-refractivity contribution is 5.54. The van der Waals surface area contributed by atoms with E-state index in [1.807, 2.05) is 45.4 Å². The van der Waals surface area contributed by atoms with Gasteiger partial charge in [0.05, 0.1) is 0 Å². The van der Waals surface area contributed by atoms with E-state index in [0.717, 1.165) is 25.9 Å². The third kappa shape index (κ3) is 5.41. The molecule has 2 unspecified atom stereocenters. The number of rotatable bonds is 9. The molecule has 0 aromatic heterocycles. The summed E-state index contributed by atoms with van der Waals surface area (Å²) in [6.07, 6.45) is 5.08. The molecule has 0 radical (unpaired) electrons. The summed E-state index contributed by atoms with van der Waals surface area (Å²) in [5.74, 6) is -1.33. The van der Waals surface area contributed by atoms with Crippen molar-refractivity contribution in [2.45, 2.75) is 31.2 Å². The van der Waals surface area contributed by atoms with Gasteiger partial charge < -0.3 is 25.3 Å². The summed E-state index contributed by atoms with van der Waals surface area (Å²) in [4.78, 5) is 7.51. The summed E-state index contributed by atoms with van der Waals surface area (Å²) < 4.78 is 29.3. The molecule has 158 valence electrons. The summed E-state index contributed by atoms with van der Waals surface area (Å²) in [6, 6.07) is 3.82. The molecular weight excluding hydrogens is 362 g/mol. The van der Waals surface area contributed by atoms with Crippen LogP contribution in [-0.4, -0.2) is 74.5 Å². The number of halogens is 2. The van der Waals surface area contributed by atoms with Crippen LogP contribution >= 0.6 is 0 Å². The maximum absolute atomic E-state index is 14.6. The fourth-order valence-corrected chi connectivity index (χ4v) is 3.51. The van der Waals surface area contributed by atoms with Crippen LogP contribution in [0.4, 0.5) is 14.5 Å². The van der Waals surface area contributed by atoms with Crippen molar-refractivity contribution in [2.24, 2.45) is 11.5 Å². The molecule has 0 spiro atoms. The summed E-state index contributed by atoms with van der Waals surface area (Å²) >= 11 is 0. The van der Waals surface area contributed by atoms with Crippen molar-refractivity contribution in [2.75, 3.05) is 52.7 Å². The summed E-state index contributed by atoms with van der Waals surface area (Å²) in [5, 5.41) is 0. The lowest BCUT2D eigenvalue weighted by Gasteiger charge is -2.51. The van der Waals surface area contributed by atoms with E-state index in [1.54, 1.807) is 0 Å². The quantitative estimate of drug-likeness (QED) is 0.664. The third-order valence-electron chi connectivity index (χ3n) is 4.99. The van der Waals surface area contributed by atoms with E-state index in [9.17, 15) is 8.78 Å². The van der Waals surface area contributed by atoms with Crippen molar-refractivity contribution in [3.05, 3.63) is 42.1 Å². The SMILES string of the molecule is CN(C)CCCN1C=CC(N)(CCCN(C)C)N(c2c(F)cccc2F)C1N. The summed E-state index contributed by atoms with van der Waals surface area (Å²) in [5.41, 5.74) is 11.9. The lowest BCUT2D eigenvalue weighted by molar-refractivity contribution is 0.197. The topological polar surface area (TPSA) is 65.0 Å². The zero-order valence-corrected chi connectivity index (χ0v) is 17.4. The number of nitrogens with two attached hydrogens (primary N) is 2. The van der Waals surface area contributed by atoms with Gasteiger partial charge in [-0.1, -0.05) is 6.07 Å². The van der Waals surface area contributed by atoms with Crippen molar-refractivity contribution >= 4 is 5.69 Å². The number of hydrogen-bond acceptors (Lipinski definition) is 6. The maximum atomic E-state index is 14.6. The van der Waals surface area contributed by atoms with Gasteiger partial charge in [-0.3, -0.25) is 5.73 Å². The van der Waals surface area contributed by atoms with Gasteiger partial charge in [0.1, 0.15) is 23.0 Å². The predicted molar refractivity (Wildman–Crippen MR) is 111 cm³/mol. The molecule has 0 bridgehead atoms. The molecular formula is C20H34F2N6. The van der Waals surface area contributed by atoms with Crippen LogP contribution in [0.1, 0.15) is 19.3 Å². The van der Waals surface area contributed by atoms with Crippen molar-refractivity contribution < 1.29 is 8.78 Å². The second-order valence-corrected chi connectivity index (χ2v) is 7.96. The molecule has 1 aliphatic rings. The molecule has 2 rings (SSSR count). The smallest absolute Gasteiger partial charge is 0.156 e. The number of benzene rings is 1. The van der Waals surface area contributed by atoms with Crippen LogP contribution in [-0.2, 0) is 0 Å². The van der Waals surface area contributed by atoms with Crippen LogP contribution in [0, 0.1) is 11.6 Å². The van der Waals surface area contributed by atoms with Crippen LogP contribution in [0.25, 0.3) is 0 Å². The molecule has 1 aromatic rings. The van der Waals surface area contributed by atoms with E-state index in [4.69, 9.17) is 11.5 Å². The monoisotopic (exact) mass is 396 g/mol. The molecule has 28 heavy (non-hydrogen) atoms. The molecule has 0 saturated carbocycles. The molecule has 8 heteroatoms. The fourth-order valence-electron chi connectivity index (χ4n) is 3.51. The normalized spacial score (nSPS) is 22.6. The maximum Gasteiger partial charge on any atom is 0.156 e. The van der Waals surface area contributed by atoms with Gasteiger partial charge >= 0.3 is 0 Å². The predicted octanol–water partition coefficient (Wildman–Crippen LogP) is 1.79. The van der Waals surface area contributed by atoms with Crippen LogP contribution in [0.2, 0.25) is 0 Å². The van der Waals surface area contributed by atoms with Gasteiger partial charge in [-0.15, -0.1) is 0 Å². The second-order valence-electron chi connectivity index (χ2n) is 7.96. The highest BCUT2D eigenvalue weighted by Crippen LogP contribution is 2.35. The van der Waals surface area contributed by atoms with Gasteiger partial charge in [-0.05, 0) is 78.8 Å². The lowest BCUT2D eigenvalue weighted by Crippen LogP contribution is -2.69. The Balaban J connectivity index is 2.33. The summed E-state index contributed by atoms with van der Waals surface area (Å²) in [6.45, 7) is 2.38. The Hall–Kier alpha value is -1.74. The van der Waals surface area contributed by atoms with Crippen LogP contribution in [0.15, 0.2) is 30.5 Å². The van der Waals surface area contributed by atoms with Gasteiger partial charge in [0.15, 0.2) is 6.29 Å². The average Bonchev–Trinajstić information content (AvgIpc) is 2.59. The van der Waals surface area contributed by atoms with Crippen LogP contribution in [0.5, 0.6) is 0 Å². The molecule has 0 aliphatic carbocycles. The Kier molecular flexibility index (Phi) is 7.77. The minimum Gasteiger partial charge on any atom is -0.346 e. The third-order valence-corrected chi connectivity index (χ3v) is 4.99. The summed E-state index contributed by atoms with van der Waals surface area (Å²) in [7, 11) is 7.96. The lowest BCUT2D eigenvalue weighted by atomic mass is 9.98. The first-order valence-corrected chi connectivity index (χ1v) is 9.68. The van der Waals surface area contributed by atoms with Gasteiger partial charge in [0, 0.05) is 12.7 Å². The van der Waals surface area contributed by atoms with Gasteiger partial charge in [0.2, 0.25) is 0 Å². The minimum atomic E-state index is -1.07. The Bertz CT molecular complexity index is 646. The fraction of sp³-hybridized carbons (Fsp3) is 0.600. The molecule has 2 atom stereocenters. The average molecular weight is 397 g/mol. The molecule has 6 nitrogen and oxygen atoms in total. The van der Waals surface area contributed by atoms with Crippen molar-refractivity contribution in [1.29, 1.82) is 0 Å². The molecule has 1 aliphatic heterocycles. The van der Waals surface area contributed by atoms with E-state index in [-0.39, 0.29) is 5.69 Å². The van der Waals surface area contributed by atoms with E-state index >= 15 is 0 Å². The molecule has 0 saturated heterocycles. The van der Waals surface area contributed by atoms with Gasteiger partial charge in [-0.2, -0.15) is 0 Å². The van der Waals surface area contributed by atoms with Gasteiger partial charge in [0.25, 0.3) is 0 Å². The Labute approximate surface area is 167 Å². The second kappa shape index (κ2) is 9.65. The Morgan fingerprint density at radius 2 is 1.61 bits per heavy atom. The largest absolute Gasteiger partial charge is 0.346 e. The van der Waals surface area contributed by atoms with Gasteiger partial charge in [-0.25, -0.2) is 8.78 Å². The number of para-hydroxylation sites is 1. The van der Waals surface area contributed by atoms with Crippen LogP contribution < -0.4 is 16.4 Å². The minimum absolute atomic E-state index is 0.177. The molecule has 1 heterocycles. The van der Waals surface area contributed by atoms with Crippen molar-refractivity contribution in [3.63, 3.8) is 0 Å². The first-order chi connectivity index (χ1) is 13.2. The standard InChI is InChI=1S/C20H34F2N6/c1-25(2)12-6-10-20(24)11-15-27(14-7-13-26(3)4)19(23)28(20)18-16(21)8-5-9-17(18)22/h5,8-9,11,15,19H,6-7,10,12-14,23-24H2,1-4H3. The molecule has 0 amide bonds. The number of hydrogen-bond donors (Lipinski definition) is 2. The zero-order valence-electron chi connectivity index (χ0n) is 17.4. The molecule has 0 fully saturated rings. The van der Waals surface area contributed by atoms with E-state index < -0.39 is 23.6 Å². The van der Waals surface area contributed by atoms with Crippen molar-refractivity contribution in [3.8, 4) is 0 Å². The Morgan fingerprint density at radius 3 is 2.18 bits per heavy atom. The number of nitrogens with zero attached hydrogens (tertiary/aromatic N) is 4. The first-order valence-electron chi connectivity index (χ1n) is 9.68. The van der Waals surface area contributed by atoms with Crippen molar-refractivity contribution in [1.82, 2.24) is 14.7 Å². The first kappa shape index (κ1) is 22.5. The highest BCUT2D eigenvalue weighted by atomic mass is 19.1. The van der Waals surface area contributed by atoms with E-state index in [0.29, 0.717) is 13.0 Å². The highest BCUT2D eigenvalue weighted by Gasteiger charge is 2.41. The number of anilines is 1. The molecule has 4 N–H and O–H groups in total. The zero-order chi connectivity index (χ0) is 20.9. The Morgan fingerprint density at radius 1 is 1.04 bits per heavy atom. The van der Waals surface area contributed by atoms with Crippen LogP contribution in [0.3, 0.4) is 0 Å². The van der Waals surface area contributed by atoms with E-state index in [1.165, 1.54) is 23.1 Å². The van der Waals surface area contributed by atoms with E-state index in [2.05, 4.69) is 9.80 Å².